The summed E-state index contributed by atoms with van der Waals surface area (Å²) in [4.78, 5) is 11.4. The van der Waals surface area contributed by atoms with Gasteiger partial charge in [0, 0.05) is 4.88 Å². The summed E-state index contributed by atoms with van der Waals surface area (Å²) in [5, 5.41) is 4.88. The summed E-state index contributed by atoms with van der Waals surface area (Å²) in [6, 6.07) is 9.11. The van der Waals surface area contributed by atoms with Gasteiger partial charge in [-0.15, -0.1) is 11.3 Å². The zero-order valence-electron chi connectivity index (χ0n) is 12.9. The largest absolute Gasteiger partial charge is 0.363 e. The standard InChI is InChI=1S/C18H19N3S/c1-11-12(2)22-18-16(11)17(19-10-20-18)21-15-9-5-7-13-6-3-4-8-14(13)15/h3-4,6,8,10,15H,5,7,9H2,1-2H3,(H,19,20,21)/t15-/m0/s1. The van der Waals surface area contributed by atoms with Gasteiger partial charge in [-0.2, -0.15) is 0 Å². The second-order valence-corrected chi connectivity index (χ2v) is 7.18. The third-order valence-corrected chi connectivity index (χ3v) is 5.76. The maximum Gasteiger partial charge on any atom is 0.138 e. The fourth-order valence-electron chi connectivity index (χ4n) is 3.36. The van der Waals surface area contributed by atoms with E-state index < -0.39 is 0 Å². The Morgan fingerprint density at radius 1 is 1.18 bits per heavy atom. The monoisotopic (exact) mass is 309 g/mol. The van der Waals surface area contributed by atoms with Crippen LogP contribution in [0.3, 0.4) is 0 Å². The van der Waals surface area contributed by atoms with Gasteiger partial charge in [0.15, 0.2) is 0 Å². The van der Waals surface area contributed by atoms with Crippen molar-refractivity contribution in [3.63, 3.8) is 0 Å². The van der Waals surface area contributed by atoms with Crippen molar-refractivity contribution in [3.05, 3.63) is 52.2 Å². The van der Waals surface area contributed by atoms with Gasteiger partial charge >= 0.3 is 0 Å². The molecule has 0 saturated heterocycles. The smallest absolute Gasteiger partial charge is 0.138 e. The molecular weight excluding hydrogens is 290 g/mol. The van der Waals surface area contributed by atoms with Crippen molar-refractivity contribution in [2.75, 3.05) is 5.32 Å². The number of anilines is 1. The Labute approximate surface area is 134 Å². The lowest BCUT2D eigenvalue weighted by molar-refractivity contribution is 0.599. The second kappa shape index (κ2) is 5.36. The fourth-order valence-corrected chi connectivity index (χ4v) is 4.36. The number of thiophene rings is 1. The van der Waals surface area contributed by atoms with Gasteiger partial charge in [0.1, 0.15) is 17.0 Å². The Bertz CT molecular complexity index is 837. The normalized spacial score (nSPS) is 17.5. The topological polar surface area (TPSA) is 37.8 Å². The van der Waals surface area contributed by atoms with Crippen molar-refractivity contribution in [1.82, 2.24) is 9.97 Å². The molecule has 22 heavy (non-hydrogen) atoms. The Hall–Kier alpha value is -1.94. The minimum absolute atomic E-state index is 0.350. The van der Waals surface area contributed by atoms with E-state index in [0.717, 1.165) is 17.1 Å². The predicted octanol–water partition coefficient (Wildman–Crippen LogP) is 4.80. The van der Waals surface area contributed by atoms with Crippen LogP contribution in [0.4, 0.5) is 5.82 Å². The summed E-state index contributed by atoms with van der Waals surface area (Å²) in [5.41, 5.74) is 4.19. The van der Waals surface area contributed by atoms with Crippen LogP contribution in [0.5, 0.6) is 0 Å². The molecule has 1 N–H and O–H groups in total. The average Bonchev–Trinajstić information content (AvgIpc) is 2.83. The predicted molar refractivity (Wildman–Crippen MR) is 92.6 cm³/mol. The highest BCUT2D eigenvalue weighted by atomic mass is 32.1. The molecule has 1 atom stereocenters. The molecule has 4 rings (SSSR count). The number of aryl methyl sites for hydroxylation is 3. The summed E-state index contributed by atoms with van der Waals surface area (Å²) in [6.07, 6.45) is 5.24. The maximum atomic E-state index is 4.53. The van der Waals surface area contributed by atoms with Crippen LogP contribution in [0, 0.1) is 13.8 Å². The summed E-state index contributed by atoms with van der Waals surface area (Å²) in [5.74, 6) is 0.980. The van der Waals surface area contributed by atoms with Crippen LogP contribution in [-0.2, 0) is 6.42 Å². The molecule has 0 fully saturated rings. The van der Waals surface area contributed by atoms with Gasteiger partial charge in [0.25, 0.3) is 0 Å². The molecule has 1 aromatic carbocycles. The molecule has 0 spiro atoms. The van der Waals surface area contributed by atoms with E-state index in [4.69, 9.17) is 0 Å². The molecule has 112 valence electrons. The van der Waals surface area contributed by atoms with Crippen molar-refractivity contribution in [3.8, 4) is 0 Å². The van der Waals surface area contributed by atoms with Crippen LogP contribution in [0.25, 0.3) is 10.2 Å². The van der Waals surface area contributed by atoms with Gasteiger partial charge in [0.2, 0.25) is 0 Å². The molecular formula is C18H19N3S. The van der Waals surface area contributed by atoms with Crippen molar-refractivity contribution in [2.24, 2.45) is 0 Å². The Kier molecular flexibility index (Phi) is 3.34. The third kappa shape index (κ3) is 2.18. The van der Waals surface area contributed by atoms with Crippen molar-refractivity contribution < 1.29 is 0 Å². The number of rotatable bonds is 2. The maximum absolute atomic E-state index is 4.53. The molecule has 2 heterocycles. The van der Waals surface area contributed by atoms with E-state index in [1.165, 1.54) is 39.8 Å². The number of nitrogens with zero attached hydrogens (tertiary/aromatic N) is 2. The van der Waals surface area contributed by atoms with Crippen LogP contribution in [0.2, 0.25) is 0 Å². The van der Waals surface area contributed by atoms with Crippen molar-refractivity contribution in [2.45, 2.75) is 39.2 Å². The van der Waals surface area contributed by atoms with E-state index in [1.54, 1.807) is 17.7 Å². The molecule has 0 amide bonds. The van der Waals surface area contributed by atoms with Crippen LogP contribution < -0.4 is 5.32 Å². The molecule has 0 saturated carbocycles. The van der Waals surface area contributed by atoms with E-state index in [1.807, 2.05) is 0 Å². The van der Waals surface area contributed by atoms with Gasteiger partial charge in [-0.05, 0) is 49.8 Å². The van der Waals surface area contributed by atoms with Gasteiger partial charge in [-0.1, -0.05) is 24.3 Å². The fraction of sp³-hybridized carbons (Fsp3) is 0.333. The molecule has 2 aromatic heterocycles. The number of fused-ring (bicyclic) bond motifs is 2. The molecule has 1 aliphatic carbocycles. The molecule has 4 heteroatoms. The Morgan fingerprint density at radius 2 is 2.05 bits per heavy atom. The van der Waals surface area contributed by atoms with Crippen LogP contribution in [-0.4, -0.2) is 9.97 Å². The van der Waals surface area contributed by atoms with Crippen molar-refractivity contribution >= 4 is 27.4 Å². The Morgan fingerprint density at radius 3 is 2.95 bits per heavy atom. The van der Waals surface area contributed by atoms with Crippen molar-refractivity contribution in [1.29, 1.82) is 0 Å². The summed E-state index contributed by atoms with van der Waals surface area (Å²) in [7, 11) is 0. The first-order chi connectivity index (χ1) is 10.7. The Balaban J connectivity index is 1.76. The van der Waals surface area contributed by atoms with Crippen LogP contribution >= 0.6 is 11.3 Å². The number of nitrogens with one attached hydrogen (secondary N) is 1. The van der Waals surface area contributed by atoms with Crippen LogP contribution in [0.15, 0.2) is 30.6 Å². The highest BCUT2D eigenvalue weighted by molar-refractivity contribution is 7.18. The lowest BCUT2D eigenvalue weighted by Crippen LogP contribution is -2.18. The summed E-state index contributed by atoms with van der Waals surface area (Å²) < 4.78 is 0. The first kappa shape index (κ1) is 13.7. The molecule has 0 bridgehead atoms. The zero-order chi connectivity index (χ0) is 15.1. The van der Waals surface area contributed by atoms with E-state index in [9.17, 15) is 0 Å². The van der Waals surface area contributed by atoms with E-state index in [0.29, 0.717) is 6.04 Å². The quantitative estimate of drug-likeness (QED) is 0.739. The lowest BCUT2D eigenvalue weighted by atomic mass is 9.88. The van der Waals surface area contributed by atoms with E-state index in [2.05, 4.69) is 53.4 Å². The average molecular weight is 309 g/mol. The molecule has 0 unspecified atom stereocenters. The van der Waals surface area contributed by atoms with Crippen LogP contribution in [0.1, 0.15) is 40.5 Å². The number of benzene rings is 1. The summed E-state index contributed by atoms with van der Waals surface area (Å²) in [6.45, 7) is 4.32. The number of hydrogen-bond acceptors (Lipinski definition) is 4. The van der Waals surface area contributed by atoms with E-state index >= 15 is 0 Å². The second-order valence-electron chi connectivity index (χ2n) is 5.97. The van der Waals surface area contributed by atoms with Gasteiger partial charge < -0.3 is 5.32 Å². The highest BCUT2D eigenvalue weighted by Gasteiger charge is 2.21. The highest BCUT2D eigenvalue weighted by Crippen LogP contribution is 2.36. The molecule has 1 aliphatic rings. The first-order valence-electron chi connectivity index (χ1n) is 7.79. The molecule has 3 aromatic rings. The SMILES string of the molecule is Cc1sc2ncnc(N[C@H]3CCCc4ccccc43)c2c1C. The summed E-state index contributed by atoms with van der Waals surface area (Å²) >= 11 is 1.75. The van der Waals surface area contributed by atoms with Gasteiger partial charge in [-0.3, -0.25) is 0 Å². The molecule has 0 aliphatic heterocycles. The number of hydrogen-bond donors (Lipinski definition) is 1. The lowest BCUT2D eigenvalue weighted by Gasteiger charge is -2.27. The zero-order valence-corrected chi connectivity index (χ0v) is 13.7. The minimum atomic E-state index is 0.350. The van der Waals surface area contributed by atoms with Gasteiger partial charge in [0.05, 0.1) is 11.4 Å². The van der Waals surface area contributed by atoms with Gasteiger partial charge in [-0.25, -0.2) is 9.97 Å². The minimum Gasteiger partial charge on any atom is -0.363 e. The van der Waals surface area contributed by atoms with E-state index in [-0.39, 0.29) is 0 Å². The molecule has 3 nitrogen and oxygen atoms in total. The molecule has 0 radical (unpaired) electrons. The first-order valence-corrected chi connectivity index (χ1v) is 8.60. The number of aromatic nitrogens is 2. The third-order valence-electron chi connectivity index (χ3n) is 4.65.